The number of hydrogen-bond acceptors (Lipinski definition) is 5. The lowest BCUT2D eigenvalue weighted by Gasteiger charge is -2.26. The van der Waals surface area contributed by atoms with Crippen LogP contribution < -0.4 is 5.73 Å². The highest BCUT2D eigenvalue weighted by Gasteiger charge is 2.30. The van der Waals surface area contributed by atoms with E-state index in [9.17, 15) is 9.90 Å². The molecule has 3 heterocycles. The second kappa shape index (κ2) is 9.57. The van der Waals surface area contributed by atoms with Gasteiger partial charge in [-0.2, -0.15) is 9.61 Å². The number of aliphatic carboxylic acids is 1. The number of carboxylic acid groups (broad SMARTS) is 1. The zero-order valence-corrected chi connectivity index (χ0v) is 21.6. The van der Waals surface area contributed by atoms with Crippen molar-refractivity contribution in [1.29, 1.82) is 0 Å². The number of nitrogen functional groups attached to an aromatic ring is 1. The summed E-state index contributed by atoms with van der Waals surface area (Å²) >= 11 is 3.63. The minimum atomic E-state index is -0.709. The Bertz CT molecular complexity index is 1320. The van der Waals surface area contributed by atoms with E-state index in [0.717, 1.165) is 46.2 Å². The fourth-order valence-corrected chi connectivity index (χ4v) is 5.78. The van der Waals surface area contributed by atoms with E-state index < -0.39 is 5.97 Å². The molecule has 182 valence electrons. The molecular formula is C27H30BrN5O2. The Morgan fingerprint density at radius 1 is 1.20 bits per heavy atom. The molecule has 5 rings (SSSR count). The number of pyridine rings is 1. The molecule has 0 bridgehead atoms. The molecule has 0 spiro atoms. The second-order valence-electron chi connectivity index (χ2n) is 10.00. The van der Waals surface area contributed by atoms with E-state index in [1.54, 1.807) is 10.7 Å². The van der Waals surface area contributed by atoms with Crippen molar-refractivity contribution in [2.24, 2.45) is 17.8 Å². The van der Waals surface area contributed by atoms with Gasteiger partial charge in [-0.15, -0.1) is 0 Å². The summed E-state index contributed by atoms with van der Waals surface area (Å²) in [6.07, 6.45) is 14.1. The van der Waals surface area contributed by atoms with Crippen LogP contribution in [0.3, 0.4) is 0 Å². The van der Waals surface area contributed by atoms with Crippen LogP contribution in [0.4, 0.5) is 5.82 Å². The fraction of sp³-hybridized carbons (Fsp3) is 0.407. The summed E-state index contributed by atoms with van der Waals surface area (Å²) in [4.78, 5) is 21.1. The number of aromatic nitrogens is 4. The van der Waals surface area contributed by atoms with Crippen molar-refractivity contribution in [2.45, 2.75) is 51.9 Å². The Morgan fingerprint density at radius 2 is 1.97 bits per heavy atom. The van der Waals surface area contributed by atoms with Crippen molar-refractivity contribution < 1.29 is 9.90 Å². The number of fused-ring (bicyclic) bond motifs is 1. The van der Waals surface area contributed by atoms with E-state index in [1.165, 1.54) is 5.57 Å². The van der Waals surface area contributed by atoms with E-state index in [2.05, 4.69) is 65.2 Å². The third-order valence-corrected chi connectivity index (χ3v) is 8.29. The van der Waals surface area contributed by atoms with Gasteiger partial charge >= 0.3 is 5.97 Å². The molecule has 3 N–H and O–H groups in total. The molecule has 7 nitrogen and oxygen atoms in total. The summed E-state index contributed by atoms with van der Waals surface area (Å²) in [5, 5.41) is 13.8. The van der Waals surface area contributed by atoms with Crippen LogP contribution in [-0.4, -0.2) is 30.7 Å². The molecule has 0 radical (unpaired) electrons. The molecule has 1 unspecified atom stereocenters. The minimum absolute atomic E-state index is 0.163. The van der Waals surface area contributed by atoms with Gasteiger partial charge in [0.05, 0.1) is 28.0 Å². The van der Waals surface area contributed by atoms with Crippen molar-refractivity contribution in [1.82, 2.24) is 19.6 Å². The summed E-state index contributed by atoms with van der Waals surface area (Å²) < 4.78 is 2.39. The van der Waals surface area contributed by atoms with Crippen LogP contribution in [0.1, 0.15) is 63.3 Å². The predicted octanol–water partition coefficient (Wildman–Crippen LogP) is 6.11. The molecule has 2 aliphatic carbocycles. The monoisotopic (exact) mass is 535 g/mol. The quantitative estimate of drug-likeness (QED) is 0.408. The molecule has 1 saturated carbocycles. The zero-order chi connectivity index (χ0) is 24.7. The number of allylic oxidation sites excluding steroid dienone is 4. The second-order valence-corrected chi connectivity index (χ2v) is 10.8. The number of nitrogens with zero attached hydrogens (tertiary/aromatic N) is 4. The van der Waals surface area contributed by atoms with Gasteiger partial charge in [0.25, 0.3) is 0 Å². The molecule has 8 heteroatoms. The number of nitrogens with two attached hydrogens (primary N) is 1. The average molecular weight is 536 g/mol. The first-order valence-corrected chi connectivity index (χ1v) is 13.0. The summed E-state index contributed by atoms with van der Waals surface area (Å²) in [6, 6.07) is 4.14. The van der Waals surface area contributed by atoms with Crippen LogP contribution in [0.25, 0.3) is 22.3 Å². The SMILES string of the molecule is CC(C)C1C=CC=C(c2ccc(-c3cnn4c(N)c(Br)c(C5CCC(C(=O)O)CC5)nc34)cn2)C1. The molecule has 2 aliphatic rings. The van der Waals surface area contributed by atoms with Crippen molar-refractivity contribution >= 4 is 38.9 Å². The highest BCUT2D eigenvalue weighted by atomic mass is 79.9. The number of halogens is 1. The fourth-order valence-electron chi connectivity index (χ4n) is 5.20. The summed E-state index contributed by atoms with van der Waals surface area (Å²) in [5.74, 6) is 0.810. The maximum absolute atomic E-state index is 11.4. The summed E-state index contributed by atoms with van der Waals surface area (Å²) in [6.45, 7) is 4.51. The molecule has 0 aromatic carbocycles. The molecule has 1 atom stereocenters. The predicted molar refractivity (Wildman–Crippen MR) is 141 cm³/mol. The molecule has 3 aromatic rings. The van der Waals surface area contributed by atoms with Gasteiger partial charge in [-0.05, 0) is 71.5 Å². The number of carbonyl (C=O) groups is 1. The van der Waals surface area contributed by atoms with Gasteiger partial charge in [-0.1, -0.05) is 38.1 Å². The Kier molecular flexibility index (Phi) is 6.49. The largest absolute Gasteiger partial charge is 0.481 e. The summed E-state index contributed by atoms with van der Waals surface area (Å²) in [7, 11) is 0. The van der Waals surface area contributed by atoms with Crippen LogP contribution >= 0.6 is 15.9 Å². The van der Waals surface area contributed by atoms with Crippen molar-refractivity contribution in [2.75, 3.05) is 5.73 Å². The van der Waals surface area contributed by atoms with Gasteiger partial charge in [0.2, 0.25) is 0 Å². The number of hydrogen-bond donors (Lipinski definition) is 2. The first-order valence-electron chi connectivity index (χ1n) is 12.2. The minimum Gasteiger partial charge on any atom is -0.481 e. The zero-order valence-electron chi connectivity index (χ0n) is 20.0. The van der Waals surface area contributed by atoms with E-state index in [4.69, 9.17) is 15.7 Å². The van der Waals surface area contributed by atoms with E-state index in [-0.39, 0.29) is 11.8 Å². The Morgan fingerprint density at radius 3 is 2.63 bits per heavy atom. The van der Waals surface area contributed by atoms with Gasteiger partial charge in [0.15, 0.2) is 5.65 Å². The lowest BCUT2D eigenvalue weighted by atomic mass is 9.80. The first-order chi connectivity index (χ1) is 16.8. The maximum atomic E-state index is 11.4. The Balaban J connectivity index is 1.45. The molecule has 1 fully saturated rings. The van der Waals surface area contributed by atoms with Crippen molar-refractivity contribution in [3.63, 3.8) is 0 Å². The molecular weight excluding hydrogens is 506 g/mol. The van der Waals surface area contributed by atoms with Crippen LogP contribution in [-0.2, 0) is 4.79 Å². The van der Waals surface area contributed by atoms with Crippen molar-refractivity contribution in [3.8, 4) is 11.1 Å². The summed E-state index contributed by atoms with van der Waals surface area (Å²) in [5.41, 5.74) is 12.1. The van der Waals surface area contributed by atoms with Crippen molar-refractivity contribution in [3.05, 3.63) is 58.6 Å². The van der Waals surface area contributed by atoms with Gasteiger partial charge < -0.3 is 10.8 Å². The number of anilines is 1. The lowest BCUT2D eigenvalue weighted by Crippen LogP contribution is -2.21. The normalized spacial score (nSPS) is 22.5. The Labute approximate surface area is 213 Å². The average Bonchev–Trinajstić information content (AvgIpc) is 3.30. The van der Waals surface area contributed by atoms with Gasteiger partial charge in [-0.3, -0.25) is 9.78 Å². The van der Waals surface area contributed by atoms with E-state index >= 15 is 0 Å². The Hall–Kier alpha value is -3.00. The lowest BCUT2D eigenvalue weighted by molar-refractivity contribution is -0.142. The third-order valence-electron chi connectivity index (χ3n) is 7.48. The van der Waals surface area contributed by atoms with Crippen LogP contribution in [0.2, 0.25) is 0 Å². The molecule has 35 heavy (non-hydrogen) atoms. The van der Waals surface area contributed by atoms with Crippen LogP contribution in [0.15, 0.2) is 47.2 Å². The standard InChI is InChI=1S/C27H30BrN5O2/c1-15(2)18-4-3-5-19(12-18)22-11-10-20(13-30-22)21-14-31-33-25(29)23(28)24(32-26(21)33)16-6-8-17(9-7-16)27(34)35/h3-5,10-11,13-18H,6-9,12,29H2,1-2H3,(H,34,35). The highest BCUT2D eigenvalue weighted by molar-refractivity contribution is 9.10. The first kappa shape index (κ1) is 23.7. The highest BCUT2D eigenvalue weighted by Crippen LogP contribution is 2.41. The molecule has 0 amide bonds. The van der Waals surface area contributed by atoms with E-state index in [0.29, 0.717) is 36.1 Å². The van der Waals surface area contributed by atoms with Gasteiger partial charge in [0.1, 0.15) is 5.82 Å². The molecule has 0 saturated heterocycles. The third kappa shape index (κ3) is 4.51. The smallest absolute Gasteiger partial charge is 0.306 e. The molecule has 3 aromatic heterocycles. The topological polar surface area (TPSA) is 106 Å². The molecule has 0 aliphatic heterocycles. The number of rotatable bonds is 5. The van der Waals surface area contributed by atoms with Crippen LogP contribution in [0.5, 0.6) is 0 Å². The van der Waals surface area contributed by atoms with Crippen LogP contribution in [0, 0.1) is 17.8 Å². The van der Waals surface area contributed by atoms with Gasteiger partial charge in [-0.25, -0.2) is 4.98 Å². The maximum Gasteiger partial charge on any atom is 0.306 e. The van der Waals surface area contributed by atoms with E-state index in [1.807, 2.05) is 6.20 Å². The van der Waals surface area contributed by atoms with Gasteiger partial charge in [0, 0.05) is 23.2 Å². The number of carboxylic acids is 1.